The van der Waals surface area contributed by atoms with Crippen LogP contribution in [0.5, 0.6) is 0 Å². The first-order valence-electron chi connectivity index (χ1n) is 7.30. The summed E-state index contributed by atoms with van der Waals surface area (Å²) in [5.41, 5.74) is 0. The van der Waals surface area contributed by atoms with E-state index in [1.807, 2.05) is 11.3 Å². The predicted octanol–water partition coefficient (Wildman–Crippen LogP) is 4.11. The van der Waals surface area contributed by atoms with Crippen LogP contribution in [-0.4, -0.2) is 31.1 Å². The molecule has 1 aliphatic carbocycles. The van der Waals surface area contributed by atoms with Crippen LogP contribution < -0.4 is 5.32 Å². The van der Waals surface area contributed by atoms with E-state index in [0.717, 1.165) is 31.6 Å². The van der Waals surface area contributed by atoms with Gasteiger partial charge in [-0.3, -0.25) is 0 Å². The number of hydrogen-bond donors (Lipinski definition) is 1. The molecule has 1 aromatic rings. The standard InChI is InChI=1S/C15H25BrN2S/c1-12-5-3-4-6-15(12)18(2)8-7-17-10-14-9-13(16)11-19-14/h9,11-12,15,17H,3-8,10H2,1-2H3. The highest BCUT2D eigenvalue weighted by molar-refractivity contribution is 9.10. The molecule has 2 unspecified atom stereocenters. The van der Waals surface area contributed by atoms with Gasteiger partial charge in [0.1, 0.15) is 0 Å². The van der Waals surface area contributed by atoms with E-state index in [1.54, 1.807) is 0 Å². The Morgan fingerprint density at radius 3 is 2.89 bits per heavy atom. The molecule has 0 bridgehead atoms. The summed E-state index contributed by atoms with van der Waals surface area (Å²) in [6.07, 6.45) is 5.63. The molecule has 0 aliphatic heterocycles. The zero-order valence-corrected chi connectivity index (χ0v) is 14.4. The Balaban J connectivity index is 1.64. The van der Waals surface area contributed by atoms with Gasteiger partial charge in [-0.15, -0.1) is 11.3 Å². The van der Waals surface area contributed by atoms with E-state index in [-0.39, 0.29) is 0 Å². The lowest BCUT2D eigenvalue weighted by molar-refractivity contribution is 0.140. The van der Waals surface area contributed by atoms with E-state index in [9.17, 15) is 0 Å². The third-order valence-corrected chi connectivity index (χ3v) is 5.89. The molecular formula is C15H25BrN2S. The Hall–Kier alpha value is 0.1000. The Kier molecular flexibility index (Phi) is 6.33. The van der Waals surface area contributed by atoms with Gasteiger partial charge in [0, 0.05) is 40.4 Å². The van der Waals surface area contributed by atoms with Crippen LogP contribution in [0.15, 0.2) is 15.9 Å². The molecule has 0 aromatic carbocycles. The molecule has 0 spiro atoms. The minimum Gasteiger partial charge on any atom is -0.311 e. The number of nitrogens with one attached hydrogen (secondary N) is 1. The summed E-state index contributed by atoms with van der Waals surface area (Å²) in [6, 6.07) is 3.00. The van der Waals surface area contributed by atoms with Crippen LogP contribution >= 0.6 is 27.3 Å². The van der Waals surface area contributed by atoms with Crippen molar-refractivity contribution in [1.82, 2.24) is 10.2 Å². The van der Waals surface area contributed by atoms with Crippen molar-refractivity contribution in [3.8, 4) is 0 Å². The number of likely N-dealkylation sites (N-methyl/N-ethyl adjacent to an activating group) is 1. The Morgan fingerprint density at radius 2 is 2.21 bits per heavy atom. The number of halogens is 1. The van der Waals surface area contributed by atoms with Gasteiger partial charge in [-0.2, -0.15) is 0 Å². The molecule has 2 nitrogen and oxygen atoms in total. The van der Waals surface area contributed by atoms with Crippen molar-refractivity contribution in [2.75, 3.05) is 20.1 Å². The first-order chi connectivity index (χ1) is 9.16. The molecule has 2 rings (SSSR count). The minimum atomic E-state index is 0.798. The van der Waals surface area contributed by atoms with Gasteiger partial charge in [0.25, 0.3) is 0 Å². The van der Waals surface area contributed by atoms with Gasteiger partial charge in [-0.25, -0.2) is 0 Å². The third kappa shape index (κ3) is 4.85. The Labute approximate surface area is 129 Å². The van der Waals surface area contributed by atoms with Crippen LogP contribution in [0.1, 0.15) is 37.5 Å². The minimum absolute atomic E-state index is 0.798. The SMILES string of the molecule is CC1CCCCC1N(C)CCNCc1cc(Br)cs1. The largest absolute Gasteiger partial charge is 0.311 e. The summed E-state index contributed by atoms with van der Waals surface area (Å²) in [6.45, 7) is 5.64. The van der Waals surface area contributed by atoms with Crippen molar-refractivity contribution >= 4 is 27.3 Å². The Bertz CT molecular complexity index is 380. The lowest BCUT2D eigenvalue weighted by Crippen LogP contribution is -2.42. The van der Waals surface area contributed by atoms with Crippen LogP contribution in [0.2, 0.25) is 0 Å². The molecule has 2 atom stereocenters. The van der Waals surface area contributed by atoms with Gasteiger partial charge in [0.05, 0.1) is 0 Å². The van der Waals surface area contributed by atoms with Crippen molar-refractivity contribution in [2.45, 2.75) is 45.2 Å². The highest BCUT2D eigenvalue weighted by Gasteiger charge is 2.24. The van der Waals surface area contributed by atoms with Gasteiger partial charge in [0.2, 0.25) is 0 Å². The maximum absolute atomic E-state index is 3.55. The first-order valence-corrected chi connectivity index (χ1v) is 8.98. The average molecular weight is 345 g/mol. The maximum atomic E-state index is 3.55. The fraction of sp³-hybridized carbons (Fsp3) is 0.733. The summed E-state index contributed by atoms with van der Waals surface area (Å²) < 4.78 is 1.20. The molecule has 1 aliphatic rings. The van der Waals surface area contributed by atoms with E-state index in [1.165, 1.54) is 35.0 Å². The van der Waals surface area contributed by atoms with Crippen molar-refractivity contribution in [1.29, 1.82) is 0 Å². The van der Waals surface area contributed by atoms with Crippen molar-refractivity contribution in [2.24, 2.45) is 5.92 Å². The molecule has 0 saturated heterocycles. The fourth-order valence-corrected chi connectivity index (χ4v) is 4.45. The van der Waals surface area contributed by atoms with E-state index >= 15 is 0 Å². The van der Waals surface area contributed by atoms with E-state index in [2.05, 4.69) is 51.6 Å². The number of nitrogens with zero attached hydrogens (tertiary/aromatic N) is 1. The predicted molar refractivity (Wildman–Crippen MR) is 87.8 cm³/mol. The molecule has 1 N–H and O–H groups in total. The highest BCUT2D eigenvalue weighted by Crippen LogP contribution is 2.27. The number of hydrogen-bond acceptors (Lipinski definition) is 3. The summed E-state index contributed by atoms with van der Waals surface area (Å²) >= 11 is 5.31. The van der Waals surface area contributed by atoms with Gasteiger partial charge < -0.3 is 10.2 Å². The molecule has 0 amide bonds. The average Bonchev–Trinajstić information content (AvgIpc) is 2.81. The van der Waals surface area contributed by atoms with Crippen LogP contribution in [0, 0.1) is 5.92 Å². The first kappa shape index (κ1) is 15.5. The summed E-state index contributed by atoms with van der Waals surface area (Å²) in [5.74, 6) is 0.868. The normalized spacial score (nSPS) is 24.0. The third-order valence-electron chi connectivity index (χ3n) is 4.19. The lowest BCUT2D eigenvalue weighted by Gasteiger charge is -2.36. The van der Waals surface area contributed by atoms with Gasteiger partial charge in [-0.1, -0.05) is 19.8 Å². The molecular weight excluding hydrogens is 320 g/mol. The summed E-state index contributed by atoms with van der Waals surface area (Å²) in [7, 11) is 2.29. The monoisotopic (exact) mass is 344 g/mol. The Morgan fingerprint density at radius 1 is 1.42 bits per heavy atom. The van der Waals surface area contributed by atoms with Crippen LogP contribution in [-0.2, 0) is 6.54 Å². The lowest BCUT2D eigenvalue weighted by atomic mass is 9.85. The second kappa shape index (κ2) is 7.77. The molecule has 1 heterocycles. The molecule has 1 saturated carbocycles. The van der Waals surface area contributed by atoms with E-state index in [4.69, 9.17) is 0 Å². The van der Waals surface area contributed by atoms with Crippen molar-refractivity contribution in [3.63, 3.8) is 0 Å². The zero-order valence-electron chi connectivity index (χ0n) is 12.0. The van der Waals surface area contributed by atoms with Gasteiger partial charge >= 0.3 is 0 Å². The maximum Gasteiger partial charge on any atom is 0.0300 e. The van der Waals surface area contributed by atoms with Crippen molar-refractivity contribution < 1.29 is 0 Å². The highest BCUT2D eigenvalue weighted by atomic mass is 79.9. The fourth-order valence-electron chi connectivity index (χ4n) is 3.03. The second-order valence-electron chi connectivity index (χ2n) is 5.72. The second-order valence-corrected chi connectivity index (χ2v) is 7.63. The van der Waals surface area contributed by atoms with Crippen LogP contribution in [0.4, 0.5) is 0 Å². The van der Waals surface area contributed by atoms with Gasteiger partial charge in [-0.05, 0) is 47.8 Å². The molecule has 0 radical (unpaired) electrons. The summed E-state index contributed by atoms with van der Waals surface area (Å²) in [5, 5.41) is 5.69. The molecule has 19 heavy (non-hydrogen) atoms. The molecule has 4 heteroatoms. The van der Waals surface area contributed by atoms with Crippen LogP contribution in [0.25, 0.3) is 0 Å². The van der Waals surface area contributed by atoms with E-state index in [0.29, 0.717) is 0 Å². The van der Waals surface area contributed by atoms with Crippen molar-refractivity contribution in [3.05, 3.63) is 20.8 Å². The smallest absolute Gasteiger partial charge is 0.0300 e. The molecule has 1 aromatic heterocycles. The topological polar surface area (TPSA) is 15.3 Å². The zero-order chi connectivity index (χ0) is 13.7. The number of thiophene rings is 1. The summed E-state index contributed by atoms with van der Waals surface area (Å²) in [4.78, 5) is 3.96. The molecule has 108 valence electrons. The molecule has 1 fully saturated rings. The van der Waals surface area contributed by atoms with Gasteiger partial charge in [0.15, 0.2) is 0 Å². The van der Waals surface area contributed by atoms with E-state index < -0.39 is 0 Å². The quantitative estimate of drug-likeness (QED) is 0.781. The van der Waals surface area contributed by atoms with Crippen LogP contribution in [0.3, 0.4) is 0 Å². The number of rotatable bonds is 6.